The molecule has 1 aromatic carbocycles. The number of hydrogen-bond donors (Lipinski definition) is 2. The van der Waals surface area contributed by atoms with Gasteiger partial charge in [0.1, 0.15) is 0 Å². The highest BCUT2D eigenvalue weighted by atomic mass is 16.6. The molecule has 1 amide bonds. The Morgan fingerprint density at radius 2 is 2.20 bits per heavy atom. The number of amides is 1. The summed E-state index contributed by atoms with van der Waals surface area (Å²) in [5.41, 5.74) is 4.24. The third-order valence-corrected chi connectivity index (χ3v) is 1.76. The number of nitro benzene ring substituents is 1. The maximum atomic E-state index is 10.8. The van der Waals surface area contributed by atoms with Gasteiger partial charge in [0.2, 0.25) is 11.7 Å². The highest BCUT2D eigenvalue weighted by Crippen LogP contribution is 2.36. The number of rotatable bonds is 3. The normalized spacial score (nSPS) is 9.67. The molecular formula is C8H8N2O5. The van der Waals surface area contributed by atoms with Gasteiger partial charge in [-0.05, 0) is 6.07 Å². The second-order valence-electron chi connectivity index (χ2n) is 2.67. The van der Waals surface area contributed by atoms with E-state index in [1.165, 1.54) is 7.11 Å². The van der Waals surface area contributed by atoms with Crippen LogP contribution >= 0.6 is 0 Å². The first-order valence-electron chi connectivity index (χ1n) is 3.82. The summed E-state index contributed by atoms with van der Waals surface area (Å²) in [7, 11) is 1.21. The van der Waals surface area contributed by atoms with Crippen LogP contribution in [0.4, 0.5) is 5.69 Å². The molecule has 0 aliphatic heterocycles. The lowest BCUT2D eigenvalue weighted by atomic mass is 10.1. The van der Waals surface area contributed by atoms with Crippen molar-refractivity contribution in [3.63, 3.8) is 0 Å². The van der Waals surface area contributed by atoms with Crippen molar-refractivity contribution in [2.45, 2.75) is 0 Å². The lowest BCUT2D eigenvalue weighted by Crippen LogP contribution is -2.11. The number of phenolic OH excluding ortho intramolecular Hbond substituents is 1. The number of primary amides is 1. The minimum absolute atomic E-state index is 0.101. The average Bonchev–Trinajstić information content (AvgIpc) is 2.17. The standard InChI is InChI=1S/C8H8N2O5/c1-15-6-3-4(8(9)12)2-5(7(6)11)10(13)14/h2-3,11H,1H3,(H2,9,12). The predicted molar refractivity (Wildman–Crippen MR) is 49.8 cm³/mol. The molecule has 0 unspecified atom stereocenters. The van der Waals surface area contributed by atoms with Gasteiger partial charge in [-0.2, -0.15) is 0 Å². The maximum absolute atomic E-state index is 10.8. The summed E-state index contributed by atoms with van der Waals surface area (Å²) < 4.78 is 4.66. The zero-order valence-electron chi connectivity index (χ0n) is 7.76. The van der Waals surface area contributed by atoms with E-state index < -0.39 is 22.3 Å². The zero-order valence-corrected chi connectivity index (χ0v) is 7.76. The van der Waals surface area contributed by atoms with Crippen LogP contribution in [0.25, 0.3) is 0 Å². The summed E-state index contributed by atoms with van der Waals surface area (Å²) in [5, 5.41) is 19.8. The molecule has 0 atom stereocenters. The SMILES string of the molecule is COc1cc(C(N)=O)cc([N+](=O)[O-])c1O. The number of carbonyl (C=O) groups is 1. The maximum Gasteiger partial charge on any atom is 0.315 e. The molecule has 3 N–H and O–H groups in total. The van der Waals surface area contributed by atoms with Crippen LogP contribution in [0.15, 0.2) is 12.1 Å². The molecule has 0 aliphatic carbocycles. The first-order chi connectivity index (χ1) is 6.97. The van der Waals surface area contributed by atoms with Crippen molar-refractivity contribution < 1.29 is 19.6 Å². The Bertz CT molecular complexity index is 429. The van der Waals surface area contributed by atoms with Crippen molar-refractivity contribution in [2.75, 3.05) is 7.11 Å². The van der Waals surface area contributed by atoms with E-state index in [4.69, 9.17) is 5.73 Å². The van der Waals surface area contributed by atoms with Crippen molar-refractivity contribution in [1.29, 1.82) is 0 Å². The number of nitrogens with zero attached hydrogens (tertiary/aromatic N) is 1. The number of carbonyl (C=O) groups excluding carboxylic acids is 1. The smallest absolute Gasteiger partial charge is 0.315 e. The van der Waals surface area contributed by atoms with Crippen LogP contribution in [-0.2, 0) is 0 Å². The van der Waals surface area contributed by atoms with E-state index in [0.717, 1.165) is 12.1 Å². The molecule has 0 saturated heterocycles. The van der Waals surface area contributed by atoms with E-state index in [0.29, 0.717) is 0 Å². The van der Waals surface area contributed by atoms with E-state index in [1.54, 1.807) is 0 Å². The quantitative estimate of drug-likeness (QED) is 0.555. The molecule has 7 heteroatoms. The number of methoxy groups -OCH3 is 1. The number of benzene rings is 1. The van der Waals surface area contributed by atoms with Crippen molar-refractivity contribution >= 4 is 11.6 Å². The molecule has 0 radical (unpaired) electrons. The van der Waals surface area contributed by atoms with Crippen LogP contribution in [0.2, 0.25) is 0 Å². The minimum atomic E-state index is -0.837. The van der Waals surface area contributed by atoms with Crippen molar-refractivity contribution in [2.24, 2.45) is 5.73 Å². The number of phenols is 1. The number of ether oxygens (including phenoxy) is 1. The number of nitrogens with two attached hydrogens (primary N) is 1. The van der Waals surface area contributed by atoms with Gasteiger partial charge >= 0.3 is 5.69 Å². The molecule has 0 saturated carbocycles. The van der Waals surface area contributed by atoms with Crippen LogP contribution < -0.4 is 10.5 Å². The van der Waals surface area contributed by atoms with Crippen LogP contribution in [0.3, 0.4) is 0 Å². The number of aromatic hydroxyl groups is 1. The van der Waals surface area contributed by atoms with Gasteiger partial charge in [-0.1, -0.05) is 0 Å². The molecule has 0 heterocycles. The molecule has 80 valence electrons. The van der Waals surface area contributed by atoms with Gasteiger partial charge in [-0.3, -0.25) is 14.9 Å². The Kier molecular flexibility index (Phi) is 2.75. The van der Waals surface area contributed by atoms with Gasteiger partial charge in [-0.25, -0.2) is 0 Å². The number of nitro groups is 1. The van der Waals surface area contributed by atoms with Crippen molar-refractivity contribution in [1.82, 2.24) is 0 Å². The number of hydrogen-bond acceptors (Lipinski definition) is 5. The Labute approximate surface area is 84.2 Å². The van der Waals surface area contributed by atoms with Gasteiger partial charge in [0.15, 0.2) is 5.75 Å². The van der Waals surface area contributed by atoms with E-state index >= 15 is 0 Å². The third kappa shape index (κ3) is 1.96. The van der Waals surface area contributed by atoms with Crippen LogP contribution in [0.1, 0.15) is 10.4 Å². The fraction of sp³-hybridized carbons (Fsp3) is 0.125. The summed E-state index contributed by atoms with van der Waals surface area (Å²) in [6, 6.07) is 2.02. The van der Waals surface area contributed by atoms with Crippen molar-refractivity contribution in [3.05, 3.63) is 27.8 Å². The second kappa shape index (κ2) is 3.82. The largest absolute Gasteiger partial charge is 0.500 e. The van der Waals surface area contributed by atoms with Gasteiger partial charge in [0, 0.05) is 11.6 Å². The lowest BCUT2D eigenvalue weighted by molar-refractivity contribution is -0.386. The lowest BCUT2D eigenvalue weighted by Gasteiger charge is -2.05. The Hall–Kier alpha value is -2.31. The summed E-state index contributed by atoms with van der Waals surface area (Å²) >= 11 is 0. The summed E-state index contributed by atoms with van der Waals surface area (Å²) in [5.74, 6) is -1.64. The molecule has 0 aliphatic rings. The monoisotopic (exact) mass is 212 g/mol. The van der Waals surface area contributed by atoms with Gasteiger partial charge in [0.05, 0.1) is 12.0 Å². The zero-order chi connectivity index (χ0) is 11.6. The molecule has 1 rings (SSSR count). The Balaban J connectivity index is 3.45. The molecule has 0 aromatic heterocycles. The van der Waals surface area contributed by atoms with Gasteiger partial charge in [0.25, 0.3) is 0 Å². The molecule has 0 bridgehead atoms. The Morgan fingerprint density at radius 3 is 2.60 bits per heavy atom. The van der Waals surface area contributed by atoms with Crippen LogP contribution in [0, 0.1) is 10.1 Å². The molecule has 7 nitrogen and oxygen atoms in total. The first-order valence-corrected chi connectivity index (χ1v) is 3.82. The molecule has 15 heavy (non-hydrogen) atoms. The van der Waals surface area contributed by atoms with E-state index in [9.17, 15) is 20.0 Å². The fourth-order valence-corrected chi connectivity index (χ4v) is 1.03. The van der Waals surface area contributed by atoms with Crippen LogP contribution in [-0.4, -0.2) is 23.0 Å². The average molecular weight is 212 g/mol. The third-order valence-electron chi connectivity index (χ3n) is 1.76. The highest BCUT2D eigenvalue weighted by Gasteiger charge is 2.21. The summed E-state index contributed by atoms with van der Waals surface area (Å²) in [4.78, 5) is 20.5. The summed E-state index contributed by atoms with van der Waals surface area (Å²) in [6.45, 7) is 0. The molecular weight excluding hydrogens is 204 g/mol. The summed E-state index contributed by atoms with van der Waals surface area (Å²) in [6.07, 6.45) is 0. The second-order valence-corrected chi connectivity index (χ2v) is 2.67. The van der Waals surface area contributed by atoms with Gasteiger partial charge < -0.3 is 15.6 Å². The fourth-order valence-electron chi connectivity index (χ4n) is 1.03. The first kappa shape index (κ1) is 10.8. The minimum Gasteiger partial charge on any atom is -0.500 e. The molecule has 0 spiro atoms. The van der Waals surface area contributed by atoms with E-state index in [-0.39, 0.29) is 11.3 Å². The van der Waals surface area contributed by atoms with Gasteiger partial charge in [-0.15, -0.1) is 0 Å². The molecule has 1 aromatic rings. The highest BCUT2D eigenvalue weighted by molar-refractivity contribution is 5.94. The van der Waals surface area contributed by atoms with E-state index in [2.05, 4.69) is 4.74 Å². The Morgan fingerprint density at radius 1 is 1.60 bits per heavy atom. The predicted octanol–water partition coefficient (Wildman–Crippen LogP) is 0.408. The van der Waals surface area contributed by atoms with E-state index in [1.807, 2.05) is 0 Å². The van der Waals surface area contributed by atoms with Crippen molar-refractivity contribution in [3.8, 4) is 11.5 Å². The molecule has 0 fully saturated rings. The van der Waals surface area contributed by atoms with Crippen LogP contribution in [0.5, 0.6) is 11.5 Å². The topological polar surface area (TPSA) is 116 Å².